The number of rotatable bonds is 9. The molecule has 0 aromatic heterocycles. The average Bonchev–Trinajstić information content (AvgIpc) is 2.51. The van der Waals surface area contributed by atoms with Gasteiger partial charge in [0.2, 0.25) is 28.1 Å². The average molecular weight is 415 g/mol. The molecule has 9 heteroatoms. The molecule has 0 radical (unpaired) electrons. The lowest BCUT2D eigenvalue weighted by Gasteiger charge is -2.30. The van der Waals surface area contributed by atoms with Crippen LogP contribution in [0.1, 0.15) is 5.56 Å². The molecule has 0 fully saturated rings. The fourth-order valence-corrected chi connectivity index (χ4v) is 3.96. The number of aliphatic carboxylic acids is 1. The summed E-state index contributed by atoms with van der Waals surface area (Å²) in [6, 6.07) is 0. The van der Waals surface area contributed by atoms with Gasteiger partial charge in [0, 0.05) is 6.08 Å². The first-order valence-electron chi connectivity index (χ1n) is 8.49. The van der Waals surface area contributed by atoms with E-state index in [-0.39, 0.29) is 0 Å². The van der Waals surface area contributed by atoms with E-state index in [0.717, 1.165) is 6.08 Å². The molecule has 1 aromatic carbocycles. The van der Waals surface area contributed by atoms with Crippen molar-refractivity contribution in [1.29, 1.82) is 0 Å². The van der Waals surface area contributed by atoms with Gasteiger partial charge in [0.25, 0.3) is 0 Å². The third-order valence-corrected chi connectivity index (χ3v) is 4.77. The van der Waals surface area contributed by atoms with Crippen LogP contribution in [0.3, 0.4) is 0 Å². The zero-order valence-electron chi connectivity index (χ0n) is 17.6. The summed E-state index contributed by atoms with van der Waals surface area (Å²) >= 11 is 0. The Bertz CT molecular complexity index is 716. The molecule has 0 unspecified atom stereocenters. The summed E-state index contributed by atoms with van der Waals surface area (Å²) in [4.78, 5) is 11.1. The van der Waals surface area contributed by atoms with Crippen LogP contribution in [0.15, 0.2) is 6.08 Å². The normalized spacial score (nSPS) is 12.0. The van der Waals surface area contributed by atoms with Gasteiger partial charge in [0.05, 0.1) is 26.9 Å². The lowest BCUT2D eigenvalue weighted by atomic mass is 10.1. The van der Waals surface area contributed by atoms with Gasteiger partial charge >= 0.3 is 5.97 Å². The van der Waals surface area contributed by atoms with E-state index >= 15 is 0 Å². The number of ether oxygens (including phenoxy) is 3. The predicted octanol–water partition coefficient (Wildman–Crippen LogP) is 4.24. The fourth-order valence-electron chi connectivity index (χ4n) is 2.34. The molecule has 0 spiro atoms. The zero-order chi connectivity index (χ0) is 21.0. The van der Waals surface area contributed by atoms with Crippen molar-refractivity contribution in [2.75, 3.05) is 21.3 Å². The number of carboxylic acid groups (broad SMARTS) is 1. The summed E-state index contributed by atoms with van der Waals surface area (Å²) in [5.41, 5.74) is 0.438. The van der Waals surface area contributed by atoms with Crippen molar-refractivity contribution < 1.29 is 33.0 Å². The number of methoxy groups -OCH3 is 3. The van der Waals surface area contributed by atoms with Gasteiger partial charge in [-0.15, -0.1) is 0 Å². The lowest BCUT2D eigenvalue weighted by molar-refractivity contribution is -0.131. The van der Waals surface area contributed by atoms with Gasteiger partial charge in [0.15, 0.2) is 17.2 Å². The Morgan fingerprint density at radius 2 is 1.15 bits per heavy atom. The first-order valence-corrected chi connectivity index (χ1v) is 15.3. The van der Waals surface area contributed by atoms with Gasteiger partial charge in [-0.1, -0.05) is 0 Å². The minimum Gasteiger partial charge on any atom is -0.541 e. The standard InChI is InChI=1S/C18H30O7Si2/c1-21-14-12(10-11-13(19)20)15(24-26(4,5)6)18(25-27(7,8)9)17(23-3)16(14)22-2/h10-11H,1-9H3,(H,19,20)/b11-10+. The maximum absolute atomic E-state index is 11.1. The summed E-state index contributed by atoms with van der Waals surface area (Å²) in [6.45, 7) is 12.2. The van der Waals surface area contributed by atoms with E-state index in [1.807, 2.05) is 39.3 Å². The Hall–Kier alpha value is -2.14. The van der Waals surface area contributed by atoms with Crippen LogP contribution in [0, 0.1) is 0 Å². The van der Waals surface area contributed by atoms with E-state index in [1.165, 1.54) is 27.4 Å². The second-order valence-corrected chi connectivity index (χ2v) is 16.6. The number of hydrogen-bond donors (Lipinski definition) is 1. The minimum atomic E-state index is -2.09. The quantitative estimate of drug-likeness (QED) is 0.478. The summed E-state index contributed by atoms with van der Waals surface area (Å²) in [5.74, 6) is 0.727. The first kappa shape index (κ1) is 22.9. The lowest BCUT2D eigenvalue weighted by Crippen LogP contribution is -2.33. The third-order valence-electron chi connectivity index (χ3n) is 3.14. The van der Waals surface area contributed by atoms with E-state index in [4.69, 9.17) is 28.2 Å². The van der Waals surface area contributed by atoms with Crippen molar-refractivity contribution in [3.05, 3.63) is 11.6 Å². The van der Waals surface area contributed by atoms with Crippen LogP contribution in [-0.4, -0.2) is 49.0 Å². The molecule has 0 amide bonds. The highest BCUT2D eigenvalue weighted by molar-refractivity contribution is 6.71. The molecule has 0 aliphatic rings. The second-order valence-electron chi connectivity index (χ2n) is 7.77. The van der Waals surface area contributed by atoms with Crippen molar-refractivity contribution >= 4 is 28.7 Å². The first-order chi connectivity index (χ1) is 12.3. The van der Waals surface area contributed by atoms with Crippen molar-refractivity contribution in [2.45, 2.75) is 39.3 Å². The Kier molecular flexibility index (Phi) is 7.38. The van der Waals surface area contributed by atoms with E-state index in [1.54, 1.807) is 0 Å². The molecule has 27 heavy (non-hydrogen) atoms. The van der Waals surface area contributed by atoms with Gasteiger partial charge in [-0.25, -0.2) is 4.79 Å². The van der Waals surface area contributed by atoms with Crippen LogP contribution in [0.2, 0.25) is 39.3 Å². The van der Waals surface area contributed by atoms with Crippen LogP contribution in [0.25, 0.3) is 6.08 Å². The Labute approximate surface area is 163 Å². The highest BCUT2D eigenvalue weighted by atomic mass is 28.4. The number of hydrogen-bond acceptors (Lipinski definition) is 6. The number of carbonyl (C=O) groups is 1. The van der Waals surface area contributed by atoms with E-state index in [2.05, 4.69) is 0 Å². The summed E-state index contributed by atoms with van der Waals surface area (Å²) in [5, 5.41) is 9.10. The monoisotopic (exact) mass is 414 g/mol. The van der Waals surface area contributed by atoms with E-state index in [9.17, 15) is 4.79 Å². The van der Waals surface area contributed by atoms with Gasteiger partial charge in [0.1, 0.15) is 0 Å². The molecule has 1 aromatic rings. The highest BCUT2D eigenvalue weighted by Gasteiger charge is 2.33. The number of carboxylic acids is 1. The third kappa shape index (κ3) is 6.21. The Morgan fingerprint density at radius 3 is 1.52 bits per heavy atom. The molecule has 1 rings (SSSR count). The van der Waals surface area contributed by atoms with Gasteiger partial charge in [-0.05, 0) is 45.4 Å². The highest BCUT2D eigenvalue weighted by Crippen LogP contribution is 2.55. The maximum atomic E-state index is 11.1. The molecule has 0 saturated heterocycles. The molecule has 1 N–H and O–H groups in total. The molecular formula is C18H30O7Si2. The molecule has 7 nitrogen and oxygen atoms in total. The molecule has 0 saturated carbocycles. The number of benzene rings is 1. The van der Waals surface area contributed by atoms with Crippen molar-refractivity contribution in [2.24, 2.45) is 0 Å². The van der Waals surface area contributed by atoms with Crippen LogP contribution in [0.5, 0.6) is 28.7 Å². The van der Waals surface area contributed by atoms with Crippen LogP contribution in [0.4, 0.5) is 0 Å². The van der Waals surface area contributed by atoms with E-state index < -0.39 is 22.6 Å². The predicted molar refractivity (Wildman–Crippen MR) is 111 cm³/mol. The zero-order valence-corrected chi connectivity index (χ0v) is 19.6. The largest absolute Gasteiger partial charge is 0.541 e. The van der Waals surface area contributed by atoms with Crippen molar-refractivity contribution in [1.82, 2.24) is 0 Å². The van der Waals surface area contributed by atoms with Gasteiger partial charge < -0.3 is 28.2 Å². The molecular weight excluding hydrogens is 384 g/mol. The second kappa shape index (κ2) is 8.70. The van der Waals surface area contributed by atoms with Crippen molar-refractivity contribution in [3.8, 4) is 28.7 Å². The van der Waals surface area contributed by atoms with Crippen LogP contribution in [-0.2, 0) is 4.79 Å². The summed E-state index contributed by atoms with van der Waals surface area (Å²) < 4.78 is 29.2. The molecule has 0 heterocycles. The summed E-state index contributed by atoms with van der Waals surface area (Å²) in [6.07, 6.45) is 2.45. The Morgan fingerprint density at radius 1 is 0.741 bits per heavy atom. The van der Waals surface area contributed by atoms with Gasteiger partial charge in [-0.2, -0.15) is 0 Å². The molecule has 0 atom stereocenters. The minimum absolute atomic E-state index is 0.321. The molecule has 152 valence electrons. The van der Waals surface area contributed by atoms with E-state index in [0.29, 0.717) is 34.3 Å². The maximum Gasteiger partial charge on any atom is 0.328 e. The molecule has 0 bridgehead atoms. The Balaban J connectivity index is 4.00. The van der Waals surface area contributed by atoms with Crippen molar-refractivity contribution in [3.63, 3.8) is 0 Å². The van der Waals surface area contributed by atoms with Crippen LogP contribution >= 0.6 is 0 Å². The molecule has 0 aliphatic heterocycles. The topological polar surface area (TPSA) is 83.5 Å². The summed E-state index contributed by atoms with van der Waals surface area (Å²) in [7, 11) is 0.327. The smallest absolute Gasteiger partial charge is 0.328 e. The SMILES string of the molecule is COc1c(/C=C/C(=O)O)c(O[Si](C)(C)C)c(O[Si](C)(C)C)c(OC)c1OC. The van der Waals surface area contributed by atoms with Gasteiger partial charge in [-0.3, -0.25) is 0 Å². The molecule has 0 aliphatic carbocycles. The van der Waals surface area contributed by atoms with Crippen LogP contribution < -0.4 is 23.1 Å². The fraction of sp³-hybridized carbons (Fsp3) is 0.500.